The van der Waals surface area contributed by atoms with E-state index in [2.05, 4.69) is 5.10 Å². The van der Waals surface area contributed by atoms with Crippen molar-refractivity contribution in [3.8, 4) is 11.1 Å². The number of carbonyl (C=O) groups is 2. The molecule has 1 N–H and O–H groups in total. The van der Waals surface area contributed by atoms with Crippen LogP contribution in [0.3, 0.4) is 0 Å². The average Bonchev–Trinajstić information content (AvgIpc) is 2.92. The quantitative estimate of drug-likeness (QED) is 0.858. The van der Waals surface area contributed by atoms with Gasteiger partial charge in [0, 0.05) is 11.8 Å². The number of hydrogen-bond donors (Lipinski definition) is 1. The molecule has 6 nitrogen and oxygen atoms in total. The Balaban J connectivity index is 2.02. The van der Waals surface area contributed by atoms with E-state index in [0.717, 1.165) is 11.1 Å². The van der Waals surface area contributed by atoms with Gasteiger partial charge < -0.3 is 9.84 Å². The molecule has 1 aromatic carbocycles. The Kier molecular flexibility index (Phi) is 4.83. The Morgan fingerprint density at radius 2 is 2.00 bits per heavy atom. The molecule has 0 fully saturated rings. The van der Waals surface area contributed by atoms with Crippen LogP contribution in [-0.4, -0.2) is 32.4 Å². The van der Waals surface area contributed by atoms with Gasteiger partial charge in [-0.2, -0.15) is 5.10 Å². The molecule has 1 aromatic heterocycles. The number of esters is 1. The van der Waals surface area contributed by atoms with Crippen LogP contribution in [0.5, 0.6) is 0 Å². The van der Waals surface area contributed by atoms with Gasteiger partial charge in [-0.1, -0.05) is 12.1 Å². The Hall–Kier alpha value is -2.63. The number of aryl methyl sites for hydroxylation is 1. The summed E-state index contributed by atoms with van der Waals surface area (Å²) in [6.45, 7) is 5.89. The molecule has 0 unspecified atom stereocenters. The van der Waals surface area contributed by atoms with Crippen LogP contribution in [-0.2, 0) is 16.1 Å². The highest BCUT2D eigenvalue weighted by Crippen LogP contribution is 2.20. The zero-order valence-electron chi connectivity index (χ0n) is 13.4. The normalized spacial score (nSPS) is 11.3. The average molecular weight is 316 g/mol. The molecule has 2 rings (SSSR count). The minimum absolute atomic E-state index is 0.226. The number of carboxylic acid groups (broad SMARTS) is 1. The third-order valence-corrected chi connectivity index (χ3v) is 3.04. The first-order valence-corrected chi connectivity index (χ1v) is 7.32. The third-order valence-electron chi connectivity index (χ3n) is 3.04. The van der Waals surface area contributed by atoms with Crippen molar-refractivity contribution in [3.63, 3.8) is 0 Å². The van der Waals surface area contributed by atoms with Crippen LogP contribution in [0.25, 0.3) is 11.1 Å². The van der Waals surface area contributed by atoms with Gasteiger partial charge in [0.25, 0.3) is 0 Å². The van der Waals surface area contributed by atoms with Crippen molar-refractivity contribution >= 4 is 11.9 Å². The van der Waals surface area contributed by atoms with Crippen molar-refractivity contribution in [3.05, 3.63) is 42.2 Å². The lowest BCUT2D eigenvalue weighted by atomic mass is 10.1. The molecule has 6 heteroatoms. The summed E-state index contributed by atoms with van der Waals surface area (Å²) in [4.78, 5) is 22.7. The number of hydrogen-bond acceptors (Lipinski definition) is 4. The summed E-state index contributed by atoms with van der Waals surface area (Å²) in [5.74, 6) is -1.24. The van der Waals surface area contributed by atoms with Crippen LogP contribution in [0.4, 0.5) is 0 Å². The number of carbonyl (C=O) groups excluding carboxylic acids is 1. The Bertz CT molecular complexity index is 713. The zero-order valence-corrected chi connectivity index (χ0v) is 13.4. The van der Waals surface area contributed by atoms with Crippen LogP contribution < -0.4 is 0 Å². The van der Waals surface area contributed by atoms with Gasteiger partial charge >= 0.3 is 11.9 Å². The van der Waals surface area contributed by atoms with E-state index in [0.29, 0.717) is 6.54 Å². The van der Waals surface area contributed by atoms with Gasteiger partial charge in [-0.25, -0.2) is 4.79 Å². The van der Waals surface area contributed by atoms with E-state index in [4.69, 9.17) is 9.84 Å². The summed E-state index contributed by atoms with van der Waals surface area (Å²) < 4.78 is 6.89. The van der Waals surface area contributed by atoms with E-state index in [1.165, 1.54) is 0 Å². The predicted octanol–water partition coefficient (Wildman–Crippen LogP) is 2.98. The molecule has 0 aliphatic carbocycles. The molecule has 0 aliphatic heterocycles. The number of nitrogens with zero attached hydrogens (tertiary/aromatic N) is 2. The molecule has 2 aromatic rings. The van der Waals surface area contributed by atoms with Crippen LogP contribution in [0, 0.1) is 0 Å². The lowest BCUT2D eigenvalue weighted by Crippen LogP contribution is -2.24. The van der Waals surface area contributed by atoms with Gasteiger partial charge in [0.1, 0.15) is 5.60 Å². The number of benzene rings is 1. The van der Waals surface area contributed by atoms with Crippen LogP contribution in [0.15, 0.2) is 36.7 Å². The number of carboxylic acids is 1. The Labute approximate surface area is 134 Å². The van der Waals surface area contributed by atoms with E-state index in [9.17, 15) is 9.59 Å². The smallest absolute Gasteiger partial charge is 0.335 e. The molecule has 0 bridgehead atoms. The second kappa shape index (κ2) is 6.64. The molecule has 0 saturated heterocycles. The predicted molar refractivity (Wildman–Crippen MR) is 85.1 cm³/mol. The fraction of sp³-hybridized carbons (Fsp3) is 0.353. The van der Waals surface area contributed by atoms with Crippen LogP contribution >= 0.6 is 0 Å². The van der Waals surface area contributed by atoms with Crippen LogP contribution in [0.1, 0.15) is 37.6 Å². The van der Waals surface area contributed by atoms with Gasteiger partial charge in [0.05, 0.1) is 24.7 Å². The summed E-state index contributed by atoms with van der Waals surface area (Å²) in [7, 11) is 0. The Morgan fingerprint density at radius 1 is 1.26 bits per heavy atom. The molecule has 23 heavy (non-hydrogen) atoms. The van der Waals surface area contributed by atoms with E-state index < -0.39 is 11.6 Å². The highest BCUT2D eigenvalue weighted by atomic mass is 16.6. The van der Waals surface area contributed by atoms with Gasteiger partial charge in [0.2, 0.25) is 0 Å². The number of aromatic nitrogens is 2. The molecule has 122 valence electrons. The maximum Gasteiger partial charge on any atom is 0.335 e. The van der Waals surface area contributed by atoms with Crippen molar-refractivity contribution in [2.75, 3.05) is 0 Å². The molecule has 0 aliphatic rings. The first-order valence-electron chi connectivity index (χ1n) is 7.32. The van der Waals surface area contributed by atoms with E-state index in [1.807, 2.05) is 26.8 Å². The van der Waals surface area contributed by atoms with Crippen molar-refractivity contribution < 1.29 is 19.4 Å². The number of ether oxygens (including phenoxy) is 1. The summed E-state index contributed by atoms with van der Waals surface area (Å²) in [6.07, 6.45) is 3.66. The third kappa shape index (κ3) is 4.95. The summed E-state index contributed by atoms with van der Waals surface area (Å²) in [5.41, 5.74) is 1.30. The molecule has 0 amide bonds. The monoisotopic (exact) mass is 316 g/mol. The standard InChI is InChI=1S/C17H20N2O4/c1-17(2,3)23-15(20)7-8-19-11-14(10-18-19)12-5-4-6-13(9-12)16(21)22/h4-6,9-11H,7-8H2,1-3H3,(H,21,22). The number of rotatable bonds is 5. The summed E-state index contributed by atoms with van der Waals surface area (Å²) in [5, 5.41) is 13.2. The maximum absolute atomic E-state index is 11.7. The number of aromatic carboxylic acids is 1. The Morgan fingerprint density at radius 3 is 2.65 bits per heavy atom. The first kappa shape index (κ1) is 16.7. The highest BCUT2D eigenvalue weighted by molar-refractivity contribution is 5.89. The first-order chi connectivity index (χ1) is 10.7. The zero-order chi connectivity index (χ0) is 17.0. The molecule has 1 heterocycles. The SMILES string of the molecule is CC(C)(C)OC(=O)CCn1cc(-c2cccc(C(=O)O)c2)cn1. The molecule has 0 radical (unpaired) electrons. The molecular weight excluding hydrogens is 296 g/mol. The molecule has 0 spiro atoms. The van der Waals surface area contributed by atoms with Crippen molar-refractivity contribution in [1.29, 1.82) is 0 Å². The lowest BCUT2D eigenvalue weighted by molar-refractivity contribution is -0.155. The van der Waals surface area contributed by atoms with Crippen molar-refractivity contribution in [1.82, 2.24) is 9.78 Å². The van der Waals surface area contributed by atoms with Crippen LogP contribution in [0.2, 0.25) is 0 Å². The van der Waals surface area contributed by atoms with Crippen molar-refractivity contribution in [2.24, 2.45) is 0 Å². The molecule has 0 atom stereocenters. The minimum atomic E-state index is -0.968. The van der Waals surface area contributed by atoms with E-state index in [-0.39, 0.29) is 18.0 Å². The van der Waals surface area contributed by atoms with Gasteiger partial charge in [0.15, 0.2) is 0 Å². The van der Waals surface area contributed by atoms with E-state index in [1.54, 1.807) is 35.3 Å². The molecular formula is C17H20N2O4. The van der Waals surface area contributed by atoms with Gasteiger partial charge in [-0.15, -0.1) is 0 Å². The largest absolute Gasteiger partial charge is 0.478 e. The fourth-order valence-electron chi connectivity index (χ4n) is 2.07. The summed E-state index contributed by atoms with van der Waals surface area (Å²) >= 11 is 0. The maximum atomic E-state index is 11.7. The second-order valence-electron chi connectivity index (χ2n) is 6.21. The second-order valence-corrected chi connectivity index (χ2v) is 6.21. The fourth-order valence-corrected chi connectivity index (χ4v) is 2.07. The molecule has 0 saturated carbocycles. The van der Waals surface area contributed by atoms with E-state index >= 15 is 0 Å². The summed E-state index contributed by atoms with van der Waals surface area (Å²) in [6, 6.07) is 6.65. The highest BCUT2D eigenvalue weighted by Gasteiger charge is 2.16. The topological polar surface area (TPSA) is 81.4 Å². The van der Waals surface area contributed by atoms with Crippen molar-refractivity contribution in [2.45, 2.75) is 39.3 Å². The van der Waals surface area contributed by atoms with Gasteiger partial charge in [-0.05, 0) is 38.5 Å². The van der Waals surface area contributed by atoms with Gasteiger partial charge in [-0.3, -0.25) is 9.48 Å². The minimum Gasteiger partial charge on any atom is -0.478 e. The lowest BCUT2D eigenvalue weighted by Gasteiger charge is -2.19.